The molecule has 0 saturated heterocycles. The molecule has 19 heavy (non-hydrogen) atoms. The largest absolute Gasteiger partial charge is 0.480 e. The van der Waals surface area contributed by atoms with Crippen molar-refractivity contribution in [3.63, 3.8) is 0 Å². The maximum atomic E-state index is 11.6. The molecule has 0 bridgehead atoms. The molecule has 1 aliphatic heterocycles. The molecule has 1 heterocycles. The quantitative estimate of drug-likeness (QED) is 0.829. The SMILES string of the molecule is O=C(O)C1Cc2ccccc2N1C1CCCCCC1. The van der Waals surface area contributed by atoms with Crippen molar-refractivity contribution < 1.29 is 9.90 Å². The van der Waals surface area contributed by atoms with Crippen LogP contribution in [-0.4, -0.2) is 23.2 Å². The van der Waals surface area contributed by atoms with Crippen molar-refractivity contribution in [2.75, 3.05) is 4.90 Å². The molecule has 1 fully saturated rings. The van der Waals surface area contributed by atoms with Crippen LogP contribution in [0.1, 0.15) is 44.1 Å². The first-order chi connectivity index (χ1) is 9.27. The van der Waals surface area contributed by atoms with Crippen molar-refractivity contribution in [1.82, 2.24) is 0 Å². The number of para-hydroxylation sites is 1. The second kappa shape index (κ2) is 5.24. The normalized spacial score (nSPS) is 24.0. The van der Waals surface area contributed by atoms with Gasteiger partial charge in [0.1, 0.15) is 6.04 Å². The number of anilines is 1. The summed E-state index contributed by atoms with van der Waals surface area (Å²) in [4.78, 5) is 13.8. The fraction of sp³-hybridized carbons (Fsp3) is 0.562. The maximum absolute atomic E-state index is 11.6. The Morgan fingerprint density at radius 3 is 2.47 bits per heavy atom. The Labute approximate surface area is 114 Å². The second-order valence-electron chi connectivity index (χ2n) is 5.74. The van der Waals surface area contributed by atoms with Crippen LogP contribution < -0.4 is 4.90 Å². The molecule has 1 atom stereocenters. The van der Waals surface area contributed by atoms with Gasteiger partial charge in [-0.15, -0.1) is 0 Å². The highest BCUT2D eigenvalue weighted by atomic mass is 16.4. The lowest BCUT2D eigenvalue weighted by atomic mass is 10.1. The smallest absolute Gasteiger partial charge is 0.326 e. The zero-order valence-electron chi connectivity index (χ0n) is 11.2. The van der Waals surface area contributed by atoms with Crippen molar-refractivity contribution >= 4 is 11.7 Å². The molecule has 102 valence electrons. The molecule has 3 nitrogen and oxygen atoms in total. The number of hydrogen-bond donors (Lipinski definition) is 1. The van der Waals surface area contributed by atoms with Gasteiger partial charge in [0, 0.05) is 18.2 Å². The molecular formula is C16H21NO2. The van der Waals surface area contributed by atoms with E-state index < -0.39 is 5.97 Å². The highest BCUT2D eigenvalue weighted by Gasteiger charge is 2.38. The van der Waals surface area contributed by atoms with Crippen LogP contribution in [-0.2, 0) is 11.2 Å². The molecule has 0 spiro atoms. The Kier molecular flexibility index (Phi) is 3.45. The van der Waals surface area contributed by atoms with E-state index in [4.69, 9.17) is 0 Å². The summed E-state index contributed by atoms with van der Waals surface area (Å²) >= 11 is 0. The number of carboxylic acids is 1. The highest BCUT2D eigenvalue weighted by molar-refractivity contribution is 5.82. The molecule has 0 aromatic heterocycles. The molecule has 1 saturated carbocycles. The minimum Gasteiger partial charge on any atom is -0.480 e. The summed E-state index contributed by atoms with van der Waals surface area (Å²) in [5, 5.41) is 9.52. The second-order valence-corrected chi connectivity index (χ2v) is 5.74. The van der Waals surface area contributed by atoms with Gasteiger partial charge in [-0.1, -0.05) is 43.9 Å². The van der Waals surface area contributed by atoms with Gasteiger partial charge in [0.05, 0.1) is 0 Å². The summed E-state index contributed by atoms with van der Waals surface area (Å²) < 4.78 is 0. The fourth-order valence-electron chi connectivity index (χ4n) is 3.60. The number of fused-ring (bicyclic) bond motifs is 1. The van der Waals surface area contributed by atoms with Crippen LogP contribution in [0.3, 0.4) is 0 Å². The van der Waals surface area contributed by atoms with E-state index in [-0.39, 0.29) is 6.04 Å². The third-order valence-corrected chi connectivity index (χ3v) is 4.52. The van der Waals surface area contributed by atoms with Gasteiger partial charge >= 0.3 is 5.97 Å². The summed E-state index contributed by atoms with van der Waals surface area (Å²) in [6, 6.07) is 8.24. The molecule has 0 amide bonds. The lowest BCUT2D eigenvalue weighted by Crippen LogP contribution is -2.45. The Morgan fingerprint density at radius 2 is 1.79 bits per heavy atom. The molecule has 0 radical (unpaired) electrons. The van der Waals surface area contributed by atoms with Gasteiger partial charge in [0.2, 0.25) is 0 Å². The van der Waals surface area contributed by atoms with Crippen LogP contribution >= 0.6 is 0 Å². The Bertz CT molecular complexity index is 464. The van der Waals surface area contributed by atoms with E-state index in [1.54, 1.807) is 0 Å². The summed E-state index contributed by atoms with van der Waals surface area (Å²) in [5.41, 5.74) is 2.35. The summed E-state index contributed by atoms with van der Waals surface area (Å²) in [6.07, 6.45) is 7.98. The molecule has 1 aromatic rings. The minimum absolute atomic E-state index is 0.361. The number of rotatable bonds is 2. The Hall–Kier alpha value is -1.51. The van der Waals surface area contributed by atoms with Gasteiger partial charge in [0.25, 0.3) is 0 Å². The summed E-state index contributed by atoms with van der Waals surface area (Å²) in [5.74, 6) is -0.680. The van der Waals surface area contributed by atoms with Crippen molar-refractivity contribution in [2.45, 2.75) is 57.0 Å². The molecule has 3 rings (SSSR count). The number of benzene rings is 1. The number of carbonyl (C=O) groups is 1. The maximum Gasteiger partial charge on any atom is 0.326 e. The summed E-state index contributed by atoms with van der Waals surface area (Å²) in [6.45, 7) is 0. The average molecular weight is 259 g/mol. The molecular weight excluding hydrogens is 238 g/mol. The van der Waals surface area contributed by atoms with Crippen LogP contribution in [0.5, 0.6) is 0 Å². The standard InChI is InChI=1S/C16H21NO2/c18-16(19)15-11-12-7-5-6-10-14(12)17(15)13-8-3-1-2-4-9-13/h5-7,10,13,15H,1-4,8-9,11H2,(H,18,19). The van der Waals surface area contributed by atoms with E-state index in [1.807, 2.05) is 12.1 Å². The van der Waals surface area contributed by atoms with Gasteiger partial charge in [-0.05, 0) is 24.5 Å². The van der Waals surface area contributed by atoms with Crippen LogP contribution in [0.4, 0.5) is 5.69 Å². The van der Waals surface area contributed by atoms with E-state index in [9.17, 15) is 9.90 Å². The number of nitrogens with zero attached hydrogens (tertiary/aromatic N) is 1. The van der Waals surface area contributed by atoms with Gasteiger partial charge in [-0.2, -0.15) is 0 Å². The van der Waals surface area contributed by atoms with E-state index in [0.717, 1.165) is 18.5 Å². The van der Waals surface area contributed by atoms with Crippen LogP contribution in [0.2, 0.25) is 0 Å². The van der Waals surface area contributed by atoms with Gasteiger partial charge in [-0.25, -0.2) is 4.79 Å². The molecule has 3 heteroatoms. The topological polar surface area (TPSA) is 40.5 Å². The lowest BCUT2D eigenvalue weighted by Gasteiger charge is -2.33. The van der Waals surface area contributed by atoms with Crippen LogP contribution in [0.25, 0.3) is 0 Å². The van der Waals surface area contributed by atoms with E-state index in [2.05, 4.69) is 17.0 Å². The number of aliphatic carboxylic acids is 1. The first kappa shape index (κ1) is 12.5. The van der Waals surface area contributed by atoms with E-state index in [0.29, 0.717) is 12.5 Å². The molecule has 1 aliphatic carbocycles. The zero-order chi connectivity index (χ0) is 13.2. The van der Waals surface area contributed by atoms with Crippen molar-refractivity contribution in [3.05, 3.63) is 29.8 Å². The average Bonchev–Trinajstić information content (AvgIpc) is 2.60. The summed E-state index contributed by atoms with van der Waals surface area (Å²) in [7, 11) is 0. The van der Waals surface area contributed by atoms with Crippen molar-refractivity contribution in [3.8, 4) is 0 Å². The van der Waals surface area contributed by atoms with Crippen LogP contribution in [0.15, 0.2) is 24.3 Å². The highest BCUT2D eigenvalue weighted by Crippen LogP contribution is 2.37. The van der Waals surface area contributed by atoms with Gasteiger partial charge < -0.3 is 10.0 Å². The molecule has 1 unspecified atom stereocenters. The number of hydrogen-bond acceptors (Lipinski definition) is 2. The molecule has 1 aromatic carbocycles. The van der Waals surface area contributed by atoms with Crippen molar-refractivity contribution in [2.24, 2.45) is 0 Å². The predicted octanol–water partition coefficient (Wildman–Crippen LogP) is 3.23. The van der Waals surface area contributed by atoms with Crippen LogP contribution in [0, 0.1) is 0 Å². The predicted molar refractivity (Wildman–Crippen MR) is 75.5 cm³/mol. The Morgan fingerprint density at radius 1 is 1.11 bits per heavy atom. The third kappa shape index (κ3) is 2.34. The van der Waals surface area contributed by atoms with Gasteiger partial charge in [0.15, 0.2) is 0 Å². The zero-order valence-corrected chi connectivity index (χ0v) is 11.2. The van der Waals surface area contributed by atoms with E-state index in [1.165, 1.54) is 31.2 Å². The number of carboxylic acid groups (broad SMARTS) is 1. The minimum atomic E-state index is -0.680. The lowest BCUT2D eigenvalue weighted by molar-refractivity contribution is -0.138. The monoisotopic (exact) mass is 259 g/mol. The van der Waals surface area contributed by atoms with E-state index >= 15 is 0 Å². The Balaban J connectivity index is 1.92. The van der Waals surface area contributed by atoms with Crippen molar-refractivity contribution in [1.29, 1.82) is 0 Å². The first-order valence-electron chi connectivity index (χ1n) is 7.36. The third-order valence-electron chi connectivity index (χ3n) is 4.52. The molecule has 2 aliphatic rings. The molecule has 1 N–H and O–H groups in total. The first-order valence-corrected chi connectivity index (χ1v) is 7.36. The fourth-order valence-corrected chi connectivity index (χ4v) is 3.60. The van der Waals surface area contributed by atoms with Gasteiger partial charge in [-0.3, -0.25) is 0 Å².